The van der Waals surface area contributed by atoms with E-state index in [-0.39, 0.29) is 5.82 Å². The molecule has 0 spiro atoms. The van der Waals surface area contributed by atoms with Gasteiger partial charge in [0, 0.05) is 30.9 Å². The maximum Gasteiger partial charge on any atom is 0.188 e. The van der Waals surface area contributed by atoms with Gasteiger partial charge in [-0.3, -0.25) is 4.90 Å². The number of ether oxygens (including phenoxy) is 1. The molecule has 3 aromatic rings. The monoisotopic (exact) mass is 344 g/mol. The Labute approximate surface area is 143 Å². The minimum Gasteiger partial charge on any atom is -0.492 e. The van der Waals surface area contributed by atoms with Gasteiger partial charge in [-0.2, -0.15) is 0 Å². The van der Waals surface area contributed by atoms with Crippen LogP contribution in [0.25, 0.3) is 10.8 Å². The molecule has 0 aliphatic heterocycles. The lowest BCUT2D eigenvalue weighted by atomic mass is 10.3. The molecule has 0 aliphatic rings. The van der Waals surface area contributed by atoms with Crippen LogP contribution >= 0.6 is 11.3 Å². The standard InChI is InChI=1S/C17H17FN4OS/c1-22(9-10-23-15-5-3-13(18)4-6-15)11-14-12-24-17(21-14)16-19-7-2-8-20-16/h2-8,12H,9-11H2,1H3. The second kappa shape index (κ2) is 7.94. The second-order valence-electron chi connectivity index (χ2n) is 5.26. The van der Waals surface area contributed by atoms with E-state index in [1.165, 1.54) is 23.5 Å². The van der Waals surface area contributed by atoms with Crippen molar-refractivity contribution < 1.29 is 9.13 Å². The third-order valence-electron chi connectivity index (χ3n) is 3.30. The fourth-order valence-electron chi connectivity index (χ4n) is 2.10. The summed E-state index contributed by atoms with van der Waals surface area (Å²) in [5, 5.41) is 2.84. The fourth-order valence-corrected chi connectivity index (χ4v) is 2.85. The summed E-state index contributed by atoms with van der Waals surface area (Å²) in [6.07, 6.45) is 3.42. The number of aromatic nitrogens is 3. The second-order valence-corrected chi connectivity index (χ2v) is 6.11. The Morgan fingerprint density at radius 1 is 1.17 bits per heavy atom. The summed E-state index contributed by atoms with van der Waals surface area (Å²) in [7, 11) is 2.01. The molecule has 0 bridgehead atoms. The summed E-state index contributed by atoms with van der Waals surface area (Å²) >= 11 is 1.54. The number of thiazole rings is 1. The highest BCUT2D eigenvalue weighted by Gasteiger charge is 2.09. The lowest BCUT2D eigenvalue weighted by Crippen LogP contribution is -2.24. The predicted octanol–water partition coefficient (Wildman–Crippen LogP) is 3.25. The SMILES string of the molecule is CN(CCOc1ccc(F)cc1)Cc1csc(-c2ncccn2)n1. The molecule has 3 rings (SSSR count). The molecule has 0 aliphatic carbocycles. The van der Waals surface area contributed by atoms with Crippen LogP contribution in [0.2, 0.25) is 0 Å². The smallest absolute Gasteiger partial charge is 0.188 e. The van der Waals surface area contributed by atoms with Gasteiger partial charge in [0.25, 0.3) is 0 Å². The molecule has 0 fully saturated rings. The van der Waals surface area contributed by atoms with Crippen molar-refractivity contribution in [2.45, 2.75) is 6.54 Å². The van der Waals surface area contributed by atoms with Crippen molar-refractivity contribution in [1.82, 2.24) is 19.9 Å². The van der Waals surface area contributed by atoms with E-state index >= 15 is 0 Å². The number of hydrogen-bond donors (Lipinski definition) is 0. The van der Waals surface area contributed by atoms with Gasteiger partial charge in [0.2, 0.25) is 0 Å². The molecule has 0 amide bonds. The van der Waals surface area contributed by atoms with E-state index in [1.807, 2.05) is 12.4 Å². The molecular weight excluding hydrogens is 327 g/mol. The zero-order valence-corrected chi connectivity index (χ0v) is 14.0. The molecule has 2 heterocycles. The van der Waals surface area contributed by atoms with Gasteiger partial charge in [-0.1, -0.05) is 0 Å². The first-order valence-corrected chi connectivity index (χ1v) is 8.37. The maximum absolute atomic E-state index is 12.8. The molecule has 0 atom stereocenters. The molecule has 5 nitrogen and oxygen atoms in total. The number of hydrogen-bond acceptors (Lipinski definition) is 6. The summed E-state index contributed by atoms with van der Waals surface area (Å²) in [4.78, 5) is 15.1. The lowest BCUT2D eigenvalue weighted by Gasteiger charge is -2.15. The van der Waals surface area contributed by atoms with Crippen molar-refractivity contribution >= 4 is 11.3 Å². The average Bonchev–Trinajstić information content (AvgIpc) is 3.06. The molecule has 0 unspecified atom stereocenters. The molecule has 0 radical (unpaired) electrons. The van der Waals surface area contributed by atoms with Crippen LogP contribution in [0.1, 0.15) is 5.69 Å². The Morgan fingerprint density at radius 3 is 2.67 bits per heavy atom. The van der Waals surface area contributed by atoms with Crippen LogP contribution in [0.3, 0.4) is 0 Å². The largest absolute Gasteiger partial charge is 0.492 e. The predicted molar refractivity (Wildman–Crippen MR) is 91.4 cm³/mol. The van der Waals surface area contributed by atoms with Crippen LogP contribution in [-0.4, -0.2) is 40.1 Å². The van der Waals surface area contributed by atoms with Crippen LogP contribution in [0.15, 0.2) is 48.1 Å². The highest BCUT2D eigenvalue weighted by molar-refractivity contribution is 7.13. The van der Waals surface area contributed by atoms with E-state index in [4.69, 9.17) is 4.74 Å². The molecule has 0 saturated heterocycles. The van der Waals surface area contributed by atoms with Gasteiger partial charge in [-0.05, 0) is 37.4 Å². The van der Waals surface area contributed by atoms with Crippen LogP contribution in [0, 0.1) is 5.82 Å². The van der Waals surface area contributed by atoms with Crippen LogP contribution in [0.5, 0.6) is 5.75 Å². The van der Waals surface area contributed by atoms with E-state index in [0.717, 1.165) is 23.8 Å². The Hall–Kier alpha value is -2.38. The van der Waals surface area contributed by atoms with E-state index in [9.17, 15) is 4.39 Å². The molecule has 1 aromatic carbocycles. The summed E-state index contributed by atoms with van der Waals surface area (Å²) in [5.74, 6) is 1.05. The van der Waals surface area contributed by atoms with Gasteiger partial charge in [-0.25, -0.2) is 19.3 Å². The first-order valence-electron chi connectivity index (χ1n) is 7.49. The first kappa shape index (κ1) is 16.5. The van der Waals surface area contributed by atoms with E-state index in [0.29, 0.717) is 18.2 Å². The van der Waals surface area contributed by atoms with Crippen LogP contribution in [0.4, 0.5) is 4.39 Å². The molecule has 24 heavy (non-hydrogen) atoms. The van der Waals surface area contributed by atoms with Crippen molar-refractivity contribution in [3.63, 3.8) is 0 Å². The molecule has 124 valence electrons. The zero-order chi connectivity index (χ0) is 16.8. The number of halogens is 1. The van der Waals surface area contributed by atoms with E-state index in [2.05, 4.69) is 19.9 Å². The summed E-state index contributed by atoms with van der Waals surface area (Å²) in [6, 6.07) is 7.82. The Balaban J connectivity index is 1.47. The number of nitrogens with zero attached hydrogens (tertiary/aromatic N) is 4. The fraction of sp³-hybridized carbons (Fsp3) is 0.235. The highest BCUT2D eigenvalue weighted by Crippen LogP contribution is 2.20. The van der Waals surface area contributed by atoms with Crippen molar-refractivity contribution in [2.75, 3.05) is 20.2 Å². The number of likely N-dealkylation sites (N-methyl/N-ethyl adjacent to an activating group) is 1. The van der Waals surface area contributed by atoms with Crippen molar-refractivity contribution in [1.29, 1.82) is 0 Å². The van der Waals surface area contributed by atoms with Crippen molar-refractivity contribution in [3.8, 4) is 16.6 Å². The van der Waals surface area contributed by atoms with Gasteiger partial charge < -0.3 is 4.74 Å². The number of benzene rings is 1. The van der Waals surface area contributed by atoms with E-state index in [1.54, 1.807) is 30.6 Å². The topological polar surface area (TPSA) is 51.1 Å². The Bertz CT molecular complexity index is 764. The molecule has 7 heteroatoms. The molecule has 0 N–H and O–H groups in total. The zero-order valence-electron chi connectivity index (χ0n) is 13.2. The van der Waals surface area contributed by atoms with E-state index < -0.39 is 0 Å². The van der Waals surface area contributed by atoms with Gasteiger partial charge >= 0.3 is 0 Å². The van der Waals surface area contributed by atoms with Gasteiger partial charge in [0.05, 0.1) is 5.69 Å². The van der Waals surface area contributed by atoms with Crippen molar-refractivity contribution in [2.24, 2.45) is 0 Å². The lowest BCUT2D eigenvalue weighted by molar-refractivity contribution is 0.231. The Morgan fingerprint density at radius 2 is 1.92 bits per heavy atom. The van der Waals surface area contributed by atoms with Crippen LogP contribution < -0.4 is 4.74 Å². The molecular formula is C17H17FN4OS. The van der Waals surface area contributed by atoms with Gasteiger partial charge in [-0.15, -0.1) is 11.3 Å². The maximum atomic E-state index is 12.8. The normalized spacial score (nSPS) is 11.0. The third kappa shape index (κ3) is 4.56. The van der Waals surface area contributed by atoms with Gasteiger partial charge in [0.1, 0.15) is 18.2 Å². The average molecular weight is 344 g/mol. The van der Waals surface area contributed by atoms with Crippen molar-refractivity contribution in [3.05, 3.63) is 59.6 Å². The minimum absolute atomic E-state index is 0.263. The number of rotatable bonds is 7. The first-order chi connectivity index (χ1) is 11.7. The minimum atomic E-state index is -0.263. The van der Waals surface area contributed by atoms with Crippen LogP contribution in [-0.2, 0) is 6.54 Å². The highest BCUT2D eigenvalue weighted by atomic mass is 32.1. The third-order valence-corrected chi connectivity index (χ3v) is 4.18. The Kier molecular flexibility index (Phi) is 5.45. The summed E-state index contributed by atoms with van der Waals surface area (Å²) < 4.78 is 18.4. The summed E-state index contributed by atoms with van der Waals surface area (Å²) in [6.45, 7) is 1.99. The quantitative estimate of drug-likeness (QED) is 0.658. The molecule has 2 aromatic heterocycles. The molecule has 0 saturated carbocycles. The van der Waals surface area contributed by atoms with Gasteiger partial charge in [0.15, 0.2) is 10.8 Å². The summed E-state index contributed by atoms with van der Waals surface area (Å²) in [5.41, 5.74) is 0.978.